The smallest absolute Gasteiger partial charge is 0.129 e. The Balaban J connectivity index is 1.97. The van der Waals surface area contributed by atoms with Crippen molar-refractivity contribution in [3.63, 3.8) is 0 Å². The van der Waals surface area contributed by atoms with Crippen molar-refractivity contribution in [2.75, 3.05) is 13.7 Å². The van der Waals surface area contributed by atoms with Gasteiger partial charge in [0.05, 0.1) is 7.11 Å². The van der Waals surface area contributed by atoms with Crippen LogP contribution in [0, 0.1) is 5.92 Å². The fraction of sp³-hybridized carbons (Fsp3) is 0.692. The molecule has 0 aromatic carbocycles. The molecule has 1 atom stereocenters. The van der Waals surface area contributed by atoms with Gasteiger partial charge in [-0.05, 0) is 31.4 Å². The molecule has 1 saturated carbocycles. The topological polar surface area (TPSA) is 21.3 Å². The molecule has 1 fully saturated rings. The third kappa shape index (κ3) is 3.22. The van der Waals surface area contributed by atoms with Gasteiger partial charge in [0, 0.05) is 16.3 Å². The molecule has 1 aromatic heterocycles. The molecule has 16 heavy (non-hydrogen) atoms. The van der Waals surface area contributed by atoms with Gasteiger partial charge >= 0.3 is 0 Å². The van der Waals surface area contributed by atoms with Crippen LogP contribution < -0.4 is 10.1 Å². The van der Waals surface area contributed by atoms with Crippen LogP contribution in [0.25, 0.3) is 0 Å². The SMILES string of the molecule is CCCNC(CC1CC1)c1cc(OC)cs1. The minimum atomic E-state index is 0.543. The average molecular weight is 239 g/mol. The minimum Gasteiger partial charge on any atom is -0.496 e. The van der Waals surface area contributed by atoms with E-state index in [0.717, 1.165) is 18.2 Å². The Kier molecular flexibility index (Phi) is 4.24. The molecule has 0 aliphatic heterocycles. The van der Waals surface area contributed by atoms with Crippen LogP contribution >= 0.6 is 11.3 Å². The molecule has 0 radical (unpaired) electrons. The normalized spacial score (nSPS) is 17.4. The second-order valence-corrected chi connectivity index (χ2v) is 5.52. The first-order valence-corrected chi connectivity index (χ1v) is 7.07. The van der Waals surface area contributed by atoms with Crippen molar-refractivity contribution in [2.45, 2.75) is 38.6 Å². The summed E-state index contributed by atoms with van der Waals surface area (Å²) < 4.78 is 5.25. The Hall–Kier alpha value is -0.540. The highest BCUT2D eigenvalue weighted by Gasteiger charge is 2.26. The van der Waals surface area contributed by atoms with Crippen LogP contribution in [0.15, 0.2) is 11.4 Å². The van der Waals surface area contributed by atoms with Crippen LogP contribution in [0.1, 0.15) is 43.5 Å². The van der Waals surface area contributed by atoms with Crippen LogP contribution in [0.2, 0.25) is 0 Å². The zero-order valence-electron chi connectivity index (χ0n) is 10.2. The molecule has 1 aliphatic carbocycles. The molecule has 0 amide bonds. The number of hydrogen-bond acceptors (Lipinski definition) is 3. The van der Waals surface area contributed by atoms with Gasteiger partial charge in [0.2, 0.25) is 0 Å². The van der Waals surface area contributed by atoms with E-state index in [-0.39, 0.29) is 0 Å². The van der Waals surface area contributed by atoms with Gasteiger partial charge in [0.25, 0.3) is 0 Å². The third-order valence-electron chi connectivity index (χ3n) is 3.08. The van der Waals surface area contributed by atoms with E-state index in [1.54, 1.807) is 7.11 Å². The number of ether oxygens (including phenoxy) is 1. The van der Waals surface area contributed by atoms with E-state index in [9.17, 15) is 0 Å². The lowest BCUT2D eigenvalue weighted by molar-refractivity contribution is 0.415. The summed E-state index contributed by atoms with van der Waals surface area (Å²) in [6.45, 7) is 3.33. The molecule has 0 saturated heterocycles. The van der Waals surface area contributed by atoms with Crippen molar-refractivity contribution in [3.8, 4) is 5.75 Å². The maximum atomic E-state index is 5.25. The first kappa shape index (κ1) is 11.9. The van der Waals surface area contributed by atoms with E-state index in [1.165, 1.54) is 30.6 Å². The van der Waals surface area contributed by atoms with Gasteiger partial charge in [0.1, 0.15) is 5.75 Å². The molecular weight excluding hydrogens is 218 g/mol. The van der Waals surface area contributed by atoms with Crippen LogP contribution in [0.4, 0.5) is 0 Å². The second kappa shape index (κ2) is 5.69. The first-order valence-electron chi connectivity index (χ1n) is 6.19. The quantitative estimate of drug-likeness (QED) is 0.785. The monoisotopic (exact) mass is 239 g/mol. The highest BCUT2D eigenvalue weighted by Crippen LogP contribution is 2.39. The molecule has 1 aliphatic rings. The van der Waals surface area contributed by atoms with Crippen LogP contribution in [-0.2, 0) is 0 Å². The Morgan fingerprint density at radius 2 is 2.38 bits per heavy atom. The molecule has 2 nitrogen and oxygen atoms in total. The minimum absolute atomic E-state index is 0.543. The van der Waals surface area contributed by atoms with E-state index in [0.29, 0.717) is 6.04 Å². The first-order chi connectivity index (χ1) is 7.83. The van der Waals surface area contributed by atoms with E-state index in [1.807, 2.05) is 11.3 Å². The standard InChI is InChI=1S/C13H21NOS/c1-3-6-14-12(7-10-4-5-10)13-8-11(15-2)9-16-13/h8-10,12,14H,3-7H2,1-2H3. The van der Waals surface area contributed by atoms with E-state index >= 15 is 0 Å². The van der Waals surface area contributed by atoms with Crippen LogP contribution in [0.3, 0.4) is 0 Å². The van der Waals surface area contributed by atoms with Crippen molar-refractivity contribution in [1.29, 1.82) is 0 Å². The van der Waals surface area contributed by atoms with Crippen molar-refractivity contribution >= 4 is 11.3 Å². The summed E-state index contributed by atoms with van der Waals surface area (Å²) in [5, 5.41) is 5.75. The molecule has 1 aromatic rings. The third-order valence-corrected chi connectivity index (χ3v) is 4.11. The number of hydrogen-bond donors (Lipinski definition) is 1. The second-order valence-electron chi connectivity index (χ2n) is 4.57. The molecular formula is C13H21NOS. The number of methoxy groups -OCH3 is 1. The Morgan fingerprint density at radius 1 is 1.56 bits per heavy atom. The Labute approximate surface area is 102 Å². The maximum Gasteiger partial charge on any atom is 0.129 e. The molecule has 1 heterocycles. The highest BCUT2D eigenvalue weighted by molar-refractivity contribution is 7.10. The lowest BCUT2D eigenvalue weighted by Crippen LogP contribution is -2.21. The van der Waals surface area contributed by atoms with Crippen LogP contribution in [-0.4, -0.2) is 13.7 Å². The fourth-order valence-corrected chi connectivity index (χ4v) is 2.87. The molecule has 90 valence electrons. The number of thiophene rings is 1. The predicted octanol–water partition coefficient (Wildman–Crippen LogP) is 3.60. The van der Waals surface area contributed by atoms with Gasteiger partial charge in [-0.25, -0.2) is 0 Å². The Bertz CT molecular complexity index is 319. The van der Waals surface area contributed by atoms with Gasteiger partial charge < -0.3 is 10.1 Å². The zero-order valence-corrected chi connectivity index (χ0v) is 11.0. The summed E-state index contributed by atoms with van der Waals surface area (Å²) in [4.78, 5) is 1.43. The van der Waals surface area contributed by atoms with E-state index in [4.69, 9.17) is 4.74 Å². The molecule has 2 rings (SSSR count). The average Bonchev–Trinajstić information content (AvgIpc) is 2.99. The largest absolute Gasteiger partial charge is 0.496 e. The van der Waals surface area contributed by atoms with Crippen molar-refractivity contribution in [3.05, 3.63) is 16.3 Å². The van der Waals surface area contributed by atoms with E-state index in [2.05, 4.69) is 23.7 Å². The summed E-state index contributed by atoms with van der Waals surface area (Å²) in [5.74, 6) is 1.96. The summed E-state index contributed by atoms with van der Waals surface area (Å²) in [6, 6.07) is 2.72. The highest BCUT2D eigenvalue weighted by atomic mass is 32.1. The lowest BCUT2D eigenvalue weighted by atomic mass is 10.1. The summed E-state index contributed by atoms with van der Waals surface area (Å²) in [6.07, 6.45) is 5.34. The number of rotatable bonds is 7. The van der Waals surface area contributed by atoms with Crippen LogP contribution in [0.5, 0.6) is 5.75 Å². The lowest BCUT2D eigenvalue weighted by Gasteiger charge is -2.16. The van der Waals surface area contributed by atoms with Gasteiger partial charge in [-0.3, -0.25) is 0 Å². The summed E-state index contributed by atoms with van der Waals surface area (Å²) in [5.41, 5.74) is 0. The van der Waals surface area contributed by atoms with Gasteiger partial charge in [-0.15, -0.1) is 11.3 Å². The predicted molar refractivity (Wildman–Crippen MR) is 69.2 cm³/mol. The molecule has 0 bridgehead atoms. The molecule has 1 unspecified atom stereocenters. The number of nitrogens with one attached hydrogen (secondary N) is 1. The zero-order chi connectivity index (χ0) is 11.4. The van der Waals surface area contributed by atoms with E-state index < -0.39 is 0 Å². The summed E-state index contributed by atoms with van der Waals surface area (Å²) in [7, 11) is 1.74. The molecule has 0 spiro atoms. The Morgan fingerprint density at radius 3 is 2.94 bits per heavy atom. The van der Waals surface area contributed by atoms with Gasteiger partial charge in [0.15, 0.2) is 0 Å². The fourth-order valence-electron chi connectivity index (χ4n) is 1.93. The molecule has 3 heteroatoms. The molecule has 1 N–H and O–H groups in total. The van der Waals surface area contributed by atoms with Gasteiger partial charge in [-0.2, -0.15) is 0 Å². The van der Waals surface area contributed by atoms with Gasteiger partial charge in [-0.1, -0.05) is 19.8 Å². The van der Waals surface area contributed by atoms with Crippen molar-refractivity contribution in [2.24, 2.45) is 5.92 Å². The van der Waals surface area contributed by atoms with Crippen molar-refractivity contribution in [1.82, 2.24) is 5.32 Å². The summed E-state index contributed by atoms with van der Waals surface area (Å²) >= 11 is 1.81. The maximum absolute atomic E-state index is 5.25. The van der Waals surface area contributed by atoms with Crippen molar-refractivity contribution < 1.29 is 4.74 Å².